The predicted octanol–water partition coefficient (Wildman–Crippen LogP) is 5.40. The van der Waals surface area contributed by atoms with Crippen LogP contribution >= 0.6 is 11.3 Å². The Bertz CT molecular complexity index is 281. The quantitative estimate of drug-likeness (QED) is 0.599. The Morgan fingerprint density at radius 3 is 2.61 bits per heavy atom. The molecular weight excluding hydrogens is 238 g/mol. The van der Waals surface area contributed by atoms with Crippen molar-refractivity contribution in [3.05, 3.63) is 22.4 Å². The highest BCUT2D eigenvalue weighted by Crippen LogP contribution is 2.29. The van der Waals surface area contributed by atoms with E-state index in [1.54, 1.807) is 0 Å². The lowest BCUT2D eigenvalue weighted by Gasteiger charge is -2.23. The lowest BCUT2D eigenvalue weighted by molar-refractivity contribution is 0.356. The largest absolute Gasteiger partial charge is 0.309 e. The maximum Gasteiger partial charge on any atom is 0.0417 e. The SMILES string of the molecule is CCCCC(CC)CC(NCCC)c1cccs1. The molecule has 0 saturated carbocycles. The summed E-state index contributed by atoms with van der Waals surface area (Å²) in [5, 5.41) is 5.92. The second-order valence-electron chi connectivity index (χ2n) is 5.17. The van der Waals surface area contributed by atoms with Crippen LogP contribution < -0.4 is 5.32 Å². The van der Waals surface area contributed by atoms with Gasteiger partial charge >= 0.3 is 0 Å². The molecule has 2 atom stereocenters. The van der Waals surface area contributed by atoms with Gasteiger partial charge in [-0.05, 0) is 36.8 Å². The summed E-state index contributed by atoms with van der Waals surface area (Å²) in [6.07, 6.45) is 7.93. The Morgan fingerprint density at radius 1 is 1.22 bits per heavy atom. The molecule has 1 aromatic rings. The topological polar surface area (TPSA) is 12.0 Å². The van der Waals surface area contributed by atoms with Crippen molar-refractivity contribution >= 4 is 11.3 Å². The van der Waals surface area contributed by atoms with Gasteiger partial charge in [-0.1, -0.05) is 52.5 Å². The molecule has 1 nitrogen and oxygen atoms in total. The van der Waals surface area contributed by atoms with Crippen molar-refractivity contribution in [3.8, 4) is 0 Å². The Hall–Kier alpha value is -0.340. The Morgan fingerprint density at radius 2 is 2.06 bits per heavy atom. The zero-order valence-electron chi connectivity index (χ0n) is 12.2. The third-order valence-corrected chi connectivity index (χ3v) is 4.63. The summed E-state index contributed by atoms with van der Waals surface area (Å²) < 4.78 is 0. The summed E-state index contributed by atoms with van der Waals surface area (Å²) in [5.74, 6) is 0.876. The maximum atomic E-state index is 3.72. The molecule has 0 spiro atoms. The van der Waals surface area contributed by atoms with Crippen LogP contribution in [-0.4, -0.2) is 6.54 Å². The highest BCUT2D eigenvalue weighted by Gasteiger charge is 2.16. The molecule has 1 aromatic heterocycles. The van der Waals surface area contributed by atoms with Gasteiger partial charge in [-0.25, -0.2) is 0 Å². The van der Waals surface area contributed by atoms with Crippen LogP contribution in [0.1, 0.15) is 70.2 Å². The Balaban J connectivity index is 2.53. The average molecular weight is 267 g/mol. The van der Waals surface area contributed by atoms with Gasteiger partial charge in [0.2, 0.25) is 0 Å². The zero-order chi connectivity index (χ0) is 13.2. The molecule has 1 heterocycles. The van der Waals surface area contributed by atoms with E-state index in [0.717, 1.165) is 12.5 Å². The third-order valence-electron chi connectivity index (χ3n) is 3.64. The van der Waals surface area contributed by atoms with E-state index in [4.69, 9.17) is 0 Å². The normalized spacial score (nSPS) is 14.6. The standard InChI is InChI=1S/C16H29NS/c1-4-7-9-14(6-3)13-15(17-11-5-2)16-10-8-12-18-16/h8,10,12,14-15,17H,4-7,9,11,13H2,1-3H3. The van der Waals surface area contributed by atoms with Crippen LogP contribution in [0.25, 0.3) is 0 Å². The maximum absolute atomic E-state index is 3.72. The smallest absolute Gasteiger partial charge is 0.0417 e. The lowest BCUT2D eigenvalue weighted by atomic mass is 9.91. The highest BCUT2D eigenvalue weighted by molar-refractivity contribution is 7.10. The van der Waals surface area contributed by atoms with Crippen LogP contribution in [0.5, 0.6) is 0 Å². The van der Waals surface area contributed by atoms with Crippen molar-refractivity contribution in [1.29, 1.82) is 0 Å². The van der Waals surface area contributed by atoms with Crippen molar-refractivity contribution < 1.29 is 0 Å². The van der Waals surface area contributed by atoms with E-state index in [9.17, 15) is 0 Å². The molecule has 0 aliphatic rings. The Kier molecular flexibility index (Phi) is 8.36. The van der Waals surface area contributed by atoms with Crippen LogP contribution in [-0.2, 0) is 0 Å². The van der Waals surface area contributed by atoms with Gasteiger partial charge in [0.15, 0.2) is 0 Å². The first-order valence-corrected chi connectivity index (χ1v) is 8.46. The zero-order valence-corrected chi connectivity index (χ0v) is 13.1. The van der Waals surface area contributed by atoms with Crippen LogP contribution in [0.15, 0.2) is 17.5 Å². The minimum Gasteiger partial charge on any atom is -0.309 e. The molecule has 0 fully saturated rings. The molecule has 0 aliphatic carbocycles. The number of hydrogen-bond donors (Lipinski definition) is 1. The van der Waals surface area contributed by atoms with E-state index in [0.29, 0.717) is 6.04 Å². The fourth-order valence-corrected chi connectivity index (χ4v) is 3.24. The van der Waals surface area contributed by atoms with Crippen molar-refractivity contribution in [1.82, 2.24) is 5.32 Å². The first-order valence-electron chi connectivity index (χ1n) is 7.58. The first-order chi connectivity index (χ1) is 8.81. The van der Waals surface area contributed by atoms with Crippen LogP contribution in [0.4, 0.5) is 0 Å². The van der Waals surface area contributed by atoms with Crippen molar-refractivity contribution in [2.24, 2.45) is 5.92 Å². The first kappa shape index (κ1) is 15.7. The summed E-state index contributed by atoms with van der Waals surface area (Å²) in [5.41, 5.74) is 0. The van der Waals surface area contributed by atoms with Crippen molar-refractivity contribution in [3.63, 3.8) is 0 Å². The van der Waals surface area contributed by atoms with Gasteiger partial charge in [0.1, 0.15) is 0 Å². The molecule has 2 heteroatoms. The van der Waals surface area contributed by atoms with Crippen LogP contribution in [0.3, 0.4) is 0 Å². The van der Waals surface area contributed by atoms with E-state index in [1.807, 2.05) is 11.3 Å². The van der Waals surface area contributed by atoms with Gasteiger partial charge in [0.25, 0.3) is 0 Å². The fourth-order valence-electron chi connectivity index (χ4n) is 2.42. The third kappa shape index (κ3) is 5.53. The highest BCUT2D eigenvalue weighted by atomic mass is 32.1. The fraction of sp³-hybridized carbons (Fsp3) is 0.750. The van der Waals surface area contributed by atoms with Gasteiger partial charge in [0.05, 0.1) is 0 Å². The van der Waals surface area contributed by atoms with E-state index in [2.05, 4.69) is 43.6 Å². The number of nitrogens with one attached hydrogen (secondary N) is 1. The van der Waals surface area contributed by atoms with E-state index < -0.39 is 0 Å². The van der Waals surface area contributed by atoms with Crippen LogP contribution in [0.2, 0.25) is 0 Å². The number of rotatable bonds is 10. The monoisotopic (exact) mass is 267 g/mol. The molecule has 104 valence electrons. The van der Waals surface area contributed by atoms with E-state index in [-0.39, 0.29) is 0 Å². The molecule has 0 bridgehead atoms. The number of unbranched alkanes of at least 4 members (excludes halogenated alkanes) is 1. The summed E-state index contributed by atoms with van der Waals surface area (Å²) in [6, 6.07) is 5.03. The van der Waals surface area contributed by atoms with Gasteiger partial charge < -0.3 is 5.32 Å². The molecule has 0 amide bonds. The van der Waals surface area contributed by atoms with Gasteiger partial charge in [-0.2, -0.15) is 0 Å². The van der Waals surface area contributed by atoms with Crippen LogP contribution in [0, 0.1) is 5.92 Å². The van der Waals surface area contributed by atoms with E-state index >= 15 is 0 Å². The summed E-state index contributed by atoms with van der Waals surface area (Å²) in [6.45, 7) is 8.00. The Labute approximate surface area is 117 Å². The van der Waals surface area contributed by atoms with Gasteiger partial charge in [-0.15, -0.1) is 11.3 Å². The summed E-state index contributed by atoms with van der Waals surface area (Å²) >= 11 is 1.90. The summed E-state index contributed by atoms with van der Waals surface area (Å²) in [4.78, 5) is 1.51. The minimum absolute atomic E-state index is 0.576. The molecule has 18 heavy (non-hydrogen) atoms. The summed E-state index contributed by atoms with van der Waals surface area (Å²) in [7, 11) is 0. The number of thiophene rings is 1. The average Bonchev–Trinajstić information content (AvgIpc) is 2.92. The second-order valence-corrected chi connectivity index (χ2v) is 6.15. The van der Waals surface area contributed by atoms with Crippen molar-refractivity contribution in [2.45, 2.75) is 65.3 Å². The van der Waals surface area contributed by atoms with Gasteiger partial charge in [0, 0.05) is 10.9 Å². The molecule has 1 N–H and O–H groups in total. The molecular formula is C16H29NS. The molecule has 0 aliphatic heterocycles. The molecule has 0 radical (unpaired) electrons. The number of hydrogen-bond acceptors (Lipinski definition) is 2. The predicted molar refractivity (Wildman–Crippen MR) is 83.3 cm³/mol. The minimum atomic E-state index is 0.576. The molecule has 2 unspecified atom stereocenters. The van der Waals surface area contributed by atoms with Gasteiger partial charge in [-0.3, -0.25) is 0 Å². The molecule has 1 rings (SSSR count). The van der Waals surface area contributed by atoms with E-state index in [1.165, 1.54) is 43.4 Å². The lowest BCUT2D eigenvalue weighted by Crippen LogP contribution is -2.23. The molecule has 0 aromatic carbocycles. The second kappa shape index (κ2) is 9.57. The molecule has 0 saturated heterocycles. The van der Waals surface area contributed by atoms with Crippen molar-refractivity contribution in [2.75, 3.05) is 6.54 Å².